The zero-order valence-corrected chi connectivity index (χ0v) is 15.9. The number of piperidine rings is 1. The molecule has 1 atom stereocenters. The molecular formula is C22H27N3O2. The largest absolute Gasteiger partial charge is 0.339 e. The van der Waals surface area contributed by atoms with E-state index in [9.17, 15) is 9.59 Å². The zero-order valence-electron chi connectivity index (χ0n) is 15.9. The highest BCUT2D eigenvalue weighted by molar-refractivity contribution is 5.97. The summed E-state index contributed by atoms with van der Waals surface area (Å²) in [5.41, 5.74) is 9.21. The minimum Gasteiger partial charge on any atom is -0.339 e. The molecule has 1 heterocycles. The van der Waals surface area contributed by atoms with Crippen molar-refractivity contribution in [2.45, 2.75) is 32.7 Å². The minimum absolute atomic E-state index is 0.0520. The van der Waals surface area contributed by atoms with E-state index < -0.39 is 6.04 Å². The van der Waals surface area contributed by atoms with Crippen molar-refractivity contribution in [1.82, 2.24) is 4.90 Å². The molecule has 5 heteroatoms. The number of carbonyl (C=O) groups is 2. The third-order valence-corrected chi connectivity index (χ3v) is 5.19. The number of carbonyl (C=O) groups excluding carboxylic acids is 2. The van der Waals surface area contributed by atoms with Crippen LogP contribution in [0.25, 0.3) is 0 Å². The number of likely N-dealkylation sites (tertiary alicyclic amines) is 1. The number of benzene rings is 2. The second-order valence-electron chi connectivity index (χ2n) is 7.43. The Morgan fingerprint density at radius 3 is 2.22 bits per heavy atom. The van der Waals surface area contributed by atoms with Crippen LogP contribution in [-0.4, -0.2) is 29.8 Å². The van der Waals surface area contributed by atoms with E-state index in [1.54, 1.807) is 24.3 Å². The highest BCUT2D eigenvalue weighted by atomic mass is 16.2. The molecule has 1 aliphatic heterocycles. The molecule has 27 heavy (non-hydrogen) atoms. The third-order valence-electron chi connectivity index (χ3n) is 5.19. The molecular weight excluding hydrogens is 338 g/mol. The highest BCUT2D eigenvalue weighted by Crippen LogP contribution is 2.20. The molecule has 2 aromatic carbocycles. The maximum Gasteiger partial charge on any atom is 0.253 e. The molecule has 3 N–H and O–H groups in total. The number of amides is 2. The summed E-state index contributed by atoms with van der Waals surface area (Å²) < 4.78 is 0. The summed E-state index contributed by atoms with van der Waals surface area (Å²) in [5, 5.41) is 2.82. The molecule has 0 spiro atoms. The van der Waals surface area contributed by atoms with Crippen LogP contribution in [0.1, 0.15) is 47.3 Å². The van der Waals surface area contributed by atoms with Gasteiger partial charge in [-0.2, -0.15) is 0 Å². The Hall–Kier alpha value is -2.66. The fourth-order valence-electron chi connectivity index (χ4n) is 3.24. The van der Waals surface area contributed by atoms with Gasteiger partial charge in [-0.25, -0.2) is 0 Å². The number of aryl methyl sites for hydroxylation is 1. The summed E-state index contributed by atoms with van der Waals surface area (Å²) in [7, 11) is 0. The Balaban J connectivity index is 1.60. The Bertz CT molecular complexity index is 791. The average molecular weight is 365 g/mol. The summed E-state index contributed by atoms with van der Waals surface area (Å²) >= 11 is 0. The molecule has 1 aliphatic rings. The van der Waals surface area contributed by atoms with Crippen LogP contribution >= 0.6 is 0 Å². The van der Waals surface area contributed by atoms with Crippen LogP contribution in [0.5, 0.6) is 0 Å². The number of hydrogen-bond donors (Lipinski definition) is 2. The summed E-state index contributed by atoms with van der Waals surface area (Å²) in [4.78, 5) is 26.9. The van der Waals surface area contributed by atoms with Gasteiger partial charge in [0.25, 0.3) is 5.91 Å². The van der Waals surface area contributed by atoms with Gasteiger partial charge in [0.2, 0.25) is 5.91 Å². The van der Waals surface area contributed by atoms with Gasteiger partial charge in [-0.3, -0.25) is 9.59 Å². The van der Waals surface area contributed by atoms with Crippen molar-refractivity contribution in [3.05, 3.63) is 65.2 Å². The molecule has 1 saturated heterocycles. The summed E-state index contributed by atoms with van der Waals surface area (Å²) in [6.07, 6.45) is 2.10. The van der Waals surface area contributed by atoms with Crippen molar-refractivity contribution in [1.29, 1.82) is 0 Å². The Morgan fingerprint density at radius 1 is 1.04 bits per heavy atom. The van der Waals surface area contributed by atoms with Crippen LogP contribution in [0, 0.1) is 12.8 Å². The lowest BCUT2D eigenvalue weighted by molar-refractivity contribution is -0.117. The monoisotopic (exact) mass is 365 g/mol. The molecule has 0 saturated carbocycles. The van der Waals surface area contributed by atoms with Crippen molar-refractivity contribution >= 4 is 17.5 Å². The van der Waals surface area contributed by atoms with Crippen LogP contribution in [0.2, 0.25) is 0 Å². The SMILES string of the molecule is Cc1ccc(C(N)C(=O)Nc2ccc(C(=O)N3CCC(C)CC3)cc2)cc1. The minimum atomic E-state index is -0.734. The number of rotatable bonds is 4. The van der Waals surface area contributed by atoms with Gasteiger partial charge in [-0.05, 0) is 55.5 Å². The molecule has 0 bridgehead atoms. The van der Waals surface area contributed by atoms with Gasteiger partial charge in [-0.1, -0.05) is 36.8 Å². The van der Waals surface area contributed by atoms with E-state index >= 15 is 0 Å². The van der Waals surface area contributed by atoms with Crippen molar-refractivity contribution in [2.75, 3.05) is 18.4 Å². The van der Waals surface area contributed by atoms with Crippen LogP contribution in [0.4, 0.5) is 5.69 Å². The number of nitrogens with zero attached hydrogens (tertiary/aromatic N) is 1. The van der Waals surface area contributed by atoms with Crippen molar-refractivity contribution < 1.29 is 9.59 Å². The Kier molecular flexibility index (Phi) is 5.91. The molecule has 0 aromatic heterocycles. The smallest absolute Gasteiger partial charge is 0.253 e. The lowest BCUT2D eigenvalue weighted by Crippen LogP contribution is -2.37. The van der Waals surface area contributed by atoms with E-state index in [0.717, 1.165) is 37.1 Å². The van der Waals surface area contributed by atoms with Crippen molar-refractivity contribution in [3.63, 3.8) is 0 Å². The van der Waals surface area contributed by atoms with Crippen molar-refractivity contribution in [3.8, 4) is 0 Å². The van der Waals surface area contributed by atoms with Gasteiger partial charge in [-0.15, -0.1) is 0 Å². The van der Waals surface area contributed by atoms with Gasteiger partial charge in [0.05, 0.1) is 0 Å². The van der Waals surface area contributed by atoms with Gasteiger partial charge in [0.1, 0.15) is 6.04 Å². The highest BCUT2D eigenvalue weighted by Gasteiger charge is 2.21. The summed E-state index contributed by atoms with van der Waals surface area (Å²) in [6, 6.07) is 13.9. The number of nitrogens with two attached hydrogens (primary N) is 1. The molecule has 2 amide bonds. The van der Waals surface area contributed by atoms with E-state index in [1.165, 1.54) is 0 Å². The molecule has 5 nitrogen and oxygen atoms in total. The maximum absolute atomic E-state index is 12.6. The fraction of sp³-hybridized carbons (Fsp3) is 0.364. The summed E-state index contributed by atoms with van der Waals surface area (Å²) in [6.45, 7) is 5.83. The van der Waals surface area contributed by atoms with Crippen LogP contribution in [0.3, 0.4) is 0 Å². The molecule has 0 aliphatic carbocycles. The number of anilines is 1. The lowest BCUT2D eigenvalue weighted by Gasteiger charge is -2.30. The second kappa shape index (κ2) is 8.35. The van der Waals surface area contributed by atoms with Crippen LogP contribution < -0.4 is 11.1 Å². The molecule has 1 unspecified atom stereocenters. The molecule has 2 aromatic rings. The Morgan fingerprint density at radius 2 is 1.63 bits per heavy atom. The van der Waals surface area contributed by atoms with E-state index in [2.05, 4.69) is 12.2 Å². The second-order valence-corrected chi connectivity index (χ2v) is 7.43. The molecule has 3 rings (SSSR count). The van der Waals surface area contributed by atoms with Crippen LogP contribution in [-0.2, 0) is 4.79 Å². The molecule has 0 radical (unpaired) electrons. The quantitative estimate of drug-likeness (QED) is 0.871. The van der Waals surface area contributed by atoms with E-state index in [1.807, 2.05) is 36.1 Å². The number of hydrogen-bond acceptors (Lipinski definition) is 3. The predicted molar refractivity (Wildman–Crippen MR) is 107 cm³/mol. The van der Waals surface area contributed by atoms with E-state index in [0.29, 0.717) is 17.2 Å². The lowest BCUT2D eigenvalue weighted by atomic mass is 9.98. The van der Waals surface area contributed by atoms with Gasteiger partial charge < -0.3 is 16.0 Å². The van der Waals surface area contributed by atoms with Gasteiger partial charge in [0, 0.05) is 24.3 Å². The fourth-order valence-corrected chi connectivity index (χ4v) is 3.24. The average Bonchev–Trinajstić information content (AvgIpc) is 2.68. The standard InChI is InChI=1S/C22H27N3O2/c1-15-3-5-17(6-4-15)20(23)21(26)24-19-9-7-18(8-10-19)22(27)25-13-11-16(2)12-14-25/h3-10,16,20H,11-14,23H2,1-2H3,(H,24,26). The Labute approximate surface area is 160 Å². The summed E-state index contributed by atoms with van der Waals surface area (Å²) in [5.74, 6) is 0.462. The first kappa shape index (κ1) is 19.1. The van der Waals surface area contributed by atoms with Crippen molar-refractivity contribution in [2.24, 2.45) is 11.7 Å². The first-order valence-corrected chi connectivity index (χ1v) is 9.46. The van der Waals surface area contributed by atoms with Crippen LogP contribution in [0.15, 0.2) is 48.5 Å². The molecule has 1 fully saturated rings. The molecule has 142 valence electrons. The first-order valence-electron chi connectivity index (χ1n) is 9.46. The van der Waals surface area contributed by atoms with Gasteiger partial charge in [0.15, 0.2) is 0 Å². The third kappa shape index (κ3) is 4.74. The normalized spacial score (nSPS) is 16.0. The predicted octanol–water partition coefficient (Wildman–Crippen LogP) is 3.51. The van der Waals surface area contributed by atoms with E-state index in [4.69, 9.17) is 5.73 Å². The first-order chi connectivity index (χ1) is 12.9. The van der Waals surface area contributed by atoms with Gasteiger partial charge >= 0.3 is 0 Å². The zero-order chi connectivity index (χ0) is 19.4. The topological polar surface area (TPSA) is 75.4 Å². The van der Waals surface area contributed by atoms with E-state index in [-0.39, 0.29) is 11.8 Å². The maximum atomic E-state index is 12.6. The number of nitrogens with one attached hydrogen (secondary N) is 1.